The van der Waals surface area contributed by atoms with Gasteiger partial charge in [0.05, 0.1) is 11.3 Å². The number of carbonyl (C=O) groups excluding carboxylic acids is 2. The summed E-state index contributed by atoms with van der Waals surface area (Å²) in [6, 6.07) is 3.03. The molecule has 0 aliphatic rings. The summed E-state index contributed by atoms with van der Waals surface area (Å²) in [5, 5.41) is 4.71. The first-order chi connectivity index (χ1) is 11.9. The summed E-state index contributed by atoms with van der Waals surface area (Å²) in [5.41, 5.74) is -3.05. The van der Waals surface area contributed by atoms with Crippen LogP contribution in [-0.2, 0) is 15.8 Å². The third-order valence-corrected chi connectivity index (χ3v) is 3.97. The highest BCUT2D eigenvalue weighted by molar-refractivity contribution is 6.30. The lowest BCUT2D eigenvalue weighted by Gasteiger charge is -2.24. The van der Waals surface area contributed by atoms with E-state index in [1.54, 1.807) is 0 Å². The summed E-state index contributed by atoms with van der Waals surface area (Å²) in [6.07, 6.45) is -4.00. The molecule has 0 unspecified atom stereocenters. The van der Waals surface area contributed by atoms with Crippen molar-refractivity contribution in [2.24, 2.45) is 5.41 Å². The maximum Gasteiger partial charge on any atom is 0.418 e. The second-order valence-corrected chi connectivity index (χ2v) is 7.12. The molecule has 0 fully saturated rings. The van der Waals surface area contributed by atoms with Crippen LogP contribution in [0.5, 0.6) is 0 Å². The minimum Gasteiger partial charge on any atom is -0.355 e. The van der Waals surface area contributed by atoms with Gasteiger partial charge in [-0.25, -0.2) is 0 Å². The molecular weight excluding hydrogens is 371 g/mol. The average Bonchev–Trinajstić information content (AvgIpc) is 2.51. The maximum absolute atomic E-state index is 13.1. The van der Waals surface area contributed by atoms with Gasteiger partial charge in [-0.05, 0) is 59.1 Å². The van der Waals surface area contributed by atoms with E-state index in [2.05, 4.69) is 10.6 Å². The van der Waals surface area contributed by atoms with Crippen LogP contribution < -0.4 is 10.6 Å². The lowest BCUT2D eigenvalue weighted by atomic mass is 9.90. The van der Waals surface area contributed by atoms with Crippen molar-refractivity contribution in [3.05, 3.63) is 28.8 Å². The summed E-state index contributed by atoms with van der Waals surface area (Å²) in [6.45, 7) is 3.83. The Hall–Kier alpha value is -1.80. The molecule has 146 valence electrons. The van der Waals surface area contributed by atoms with Crippen molar-refractivity contribution in [2.45, 2.75) is 26.4 Å². The Morgan fingerprint density at radius 1 is 1.15 bits per heavy atom. The molecule has 0 radical (unpaired) electrons. The van der Waals surface area contributed by atoms with Crippen LogP contribution in [0.4, 0.5) is 18.9 Å². The summed E-state index contributed by atoms with van der Waals surface area (Å²) >= 11 is 5.61. The fraction of sp³-hybridized carbons (Fsp3) is 0.529. The van der Waals surface area contributed by atoms with Gasteiger partial charge in [0.2, 0.25) is 11.8 Å². The molecule has 0 aromatic heterocycles. The third kappa shape index (κ3) is 6.17. The van der Waals surface area contributed by atoms with Gasteiger partial charge in [-0.2, -0.15) is 13.2 Å². The molecule has 9 heteroatoms. The number of halogens is 4. The first-order valence-corrected chi connectivity index (χ1v) is 8.34. The van der Waals surface area contributed by atoms with Crippen LogP contribution in [0.1, 0.15) is 25.8 Å². The zero-order valence-electron chi connectivity index (χ0n) is 15.1. The van der Waals surface area contributed by atoms with Crippen LogP contribution in [0, 0.1) is 5.41 Å². The number of amides is 2. The van der Waals surface area contributed by atoms with Crippen molar-refractivity contribution in [3.63, 3.8) is 0 Å². The van der Waals surface area contributed by atoms with Crippen molar-refractivity contribution in [3.8, 4) is 0 Å². The number of nitrogens with zero attached hydrogens (tertiary/aromatic N) is 1. The quantitative estimate of drug-likeness (QED) is 0.551. The fourth-order valence-electron chi connectivity index (χ4n) is 2.06. The third-order valence-electron chi connectivity index (χ3n) is 3.74. The van der Waals surface area contributed by atoms with E-state index in [1.807, 2.05) is 19.0 Å². The monoisotopic (exact) mass is 393 g/mol. The Bertz CT molecular complexity index is 661. The second-order valence-electron chi connectivity index (χ2n) is 6.68. The van der Waals surface area contributed by atoms with Crippen molar-refractivity contribution in [2.75, 3.05) is 32.5 Å². The highest BCUT2D eigenvalue weighted by atomic mass is 35.5. The Balaban J connectivity index is 2.84. The molecule has 1 aromatic carbocycles. The van der Waals surface area contributed by atoms with Crippen molar-refractivity contribution < 1.29 is 22.8 Å². The van der Waals surface area contributed by atoms with E-state index in [1.165, 1.54) is 19.9 Å². The molecule has 26 heavy (non-hydrogen) atoms. The summed E-state index contributed by atoms with van der Waals surface area (Å²) in [4.78, 5) is 26.6. The number of alkyl halides is 3. The van der Waals surface area contributed by atoms with Crippen LogP contribution in [-0.4, -0.2) is 43.9 Å². The SMILES string of the molecule is CN(C)CCCNC(=O)C(C)(C)C(=O)Nc1ccc(Cl)cc1C(F)(F)F. The number of anilines is 1. The molecule has 2 amide bonds. The first kappa shape index (κ1) is 22.2. The van der Waals surface area contributed by atoms with Gasteiger partial charge in [0, 0.05) is 11.6 Å². The molecule has 1 aromatic rings. The molecule has 0 aliphatic heterocycles. The molecule has 0 saturated carbocycles. The van der Waals surface area contributed by atoms with Gasteiger partial charge in [-0.3, -0.25) is 9.59 Å². The standard InChI is InChI=1S/C17H23ClF3N3O2/c1-16(2,14(25)22-8-5-9-24(3)4)15(26)23-13-7-6-11(18)10-12(13)17(19,20)21/h6-7,10H,5,8-9H2,1-4H3,(H,22,25)(H,23,26). The van der Waals surface area contributed by atoms with Crippen LogP contribution in [0.25, 0.3) is 0 Å². The van der Waals surface area contributed by atoms with Gasteiger partial charge >= 0.3 is 6.18 Å². The minimum absolute atomic E-state index is 0.104. The van der Waals surface area contributed by atoms with E-state index >= 15 is 0 Å². The number of nitrogens with one attached hydrogen (secondary N) is 2. The molecule has 0 heterocycles. The lowest BCUT2D eigenvalue weighted by Crippen LogP contribution is -2.45. The Kier molecular flexibility index (Phi) is 7.46. The Morgan fingerprint density at radius 3 is 2.31 bits per heavy atom. The maximum atomic E-state index is 13.1. The predicted octanol–water partition coefficient (Wildman–Crippen LogP) is 3.39. The normalized spacial score (nSPS) is 12.2. The van der Waals surface area contributed by atoms with Crippen molar-refractivity contribution in [1.29, 1.82) is 0 Å². The number of hydrogen-bond donors (Lipinski definition) is 2. The van der Waals surface area contributed by atoms with Gasteiger partial charge < -0.3 is 15.5 Å². The molecule has 0 atom stereocenters. The molecule has 0 bridgehead atoms. The zero-order valence-corrected chi connectivity index (χ0v) is 15.9. The van der Waals surface area contributed by atoms with E-state index < -0.39 is 34.7 Å². The molecule has 1 rings (SSSR count). The molecule has 0 aliphatic carbocycles. The van der Waals surface area contributed by atoms with Crippen LogP contribution >= 0.6 is 11.6 Å². The topological polar surface area (TPSA) is 61.4 Å². The second kappa shape index (κ2) is 8.73. The van der Waals surface area contributed by atoms with Gasteiger partial charge in [0.1, 0.15) is 5.41 Å². The largest absolute Gasteiger partial charge is 0.418 e. The van der Waals surface area contributed by atoms with E-state index in [4.69, 9.17) is 11.6 Å². The number of rotatable bonds is 7. The highest BCUT2D eigenvalue weighted by Crippen LogP contribution is 2.37. The molecule has 0 spiro atoms. The van der Waals surface area contributed by atoms with Crippen LogP contribution in [0.2, 0.25) is 5.02 Å². The zero-order chi connectivity index (χ0) is 20.1. The van der Waals surface area contributed by atoms with E-state index in [0.29, 0.717) is 13.0 Å². The van der Waals surface area contributed by atoms with E-state index in [9.17, 15) is 22.8 Å². The lowest BCUT2D eigenvalue weighted by molar-refractivity contribution is -0.138. The van der Waals surface area contributed by atoms with Gasteiger partial charge in [0.15, 0.2) is 0 Å². The summed E-state index contributed by atoms with van der Waals surface area (Å²) in [7, 11) is 3.78. The van der Waals surface area contributed by atoms with Crippen molar-refractivity contribution >= 4 is 29.1 Å². The van der Waals surface area contributed by atoms with E-state index in [-0.39, 0.29) is 5.02 Å². The molecule has 0 saturated heterocycles. The Morgan fingerprint density at radius 2 is 1.77 bits per heavy atom. The molecule has 5 nitrogen and oxygen atoms in total. The average molecular weight is 394 g/mol. The van der Waals surface area contributed by atoms with Crippen LogP contribution in [0.3, 0.4) is 0 Å². The number of hydrogen-bond acceptors (Lipinski definition) is 3. The minimum atomic E-state index is -4.69. The van der Waals surface area contributed by atoms with Crippen LogP contribution in [0.15, 0.2) is 18.2 Å². The first-order valence-electron chi connectivity index (χ1n) is 7.97. The summed E-state index contributed by atoms with van der Waals surface area (Å²) < 4.78 is 39.3. The van der Waals surface area contributed by atoms with E-state index in [0.717, 1.165) is 18.7 Å². The van der Waals surface area contributed by atoms with Gasteiger partial charge in [-0.1, -0.05) is 11.6 Å². The molecular formula is C17H23ClF3N3O2. The van der Waals surface area contributed by atoms with Crippen molar-refractivity contribution in [1.82, 2.24) is 10.2 Å². The molecule has 2 N–H and O–H groups in total. The predicted molar refractivity (Wildman–Crippen MR) is 95.0 cm³/mol. The fourth-order valence-corrected chi connectivity index (χ4v) is 2.23. The number of carbonyl (C=O) groups is 2. The smallest absolute Gasteiger partial charge is 0.355 e. The van der Waals surface area contributed by atoms with Gasteiger partial charge in [0.25, 0.3) is 0 Å². The highest BCUT2D eigenvalue weighted by Gasteiger charge is 2.39. The summed E-state index contributed by atoms with van der Waals surface area (Å²) in [5.74, 6) is -1.40. The number of benzene rings is 1. The Labute approximate surface area is 155 Å². The van der Waals surface area contributed by atoms with Gasteiger partial charge in [-0.15, -0.1) is 0 Å².